The molecule has 1 aromatic heterocycles. The van der Waals surface area contributed by atoms with Crippen molar-refractivity contribution in [2.75, 3.05) is 59.7 Å². The number of benzene rings is 2. The van der Waals surface area contributed by atoms with Crippen LogP contribution in [0.15, 0.2) is 54.7 Å². The number of nitrogens with zero attached hydrogens (tertiary/aromatic N) is 3. The molecule has 3 aromatic rings. The lowest BCUT2D eigenvalue weighted by Crippen LogP contribution is -2.42. The molecule has 0 aliphatic carbocycles. The Bertz CT molecular complexity index is 1210. The second kappa shape index (κ2) is 13.9. The van der Waals surface area contributed by atoms with Gasteiger partial charge in [0.15, 0.2) is 0 Å². The quantitative estimate of drug-likeness (QED) is 0.343. The summed E-state index contributed by atoms with van der Waals surface area (Å²) in [7, 11) is 1.67. The Kier molecular flexibility index (Phi) is 10.0. The number of morpholine rings is 1. The fraction of sp³-hybridized carbons (Fsp3) is 0.545. The summed E-state index contributed by atoms with van der Waals surface area (Å²) in [5, 5.41) is 23.2. The van der Waals surface area contributed by atoms with E-state index < -0.39 is 6.10 Å². The highest BCUT2D eigenvalue weighted by Gasteiger charge is 2.34. The van der Waals surface area contributed by atoms with Gasteiger partial charge in [-0.3, -0.25) is 9.88 Å². The number of aliphatic hydroxyl groups excluding tert-OH is 2. The molecule has 2 aliphatic rings. The molecule has 40 heavy (non-hydrogen) atoms. The molecule has 0 radical (unpaired) electrons. The molecule has 2 fully saturated rings. The van der Waals surface area contributed by atoms with Gasteiger partial charge in [-0.15, -0.1) is 0 Å². The van der Waals surface area contributed by atoms with Gasteiger partial charge in [-0.05, 0) is 98.5 Å². The Morgan fingerprint density at radius 2 is 1.80 bits per heavy atom. The monoisotopic (exact) mass is 547 g/mol. The van der Waals surface area contributed by atoms with Crippen LogP contribution in [0.5, 0.6) is 5.75 Å². The first-order valence-corrected chi connectivity index (χ1v) is 14.9. The van der Waals surface area contributed by atoms with E-state index in [2.05, 4.69) is 40.1 Å². The average molecular weight is 548 g/mol. The van der Waals surface area contributed by atoms with E-state index in [1.165, 1.54) is 5.56 Å². The third-order valence-corrected chi connectivity index (χ3v) is 9.01. The molecule has 2 aliphatic heterocycles. The lowest BCUT2D eigenvalue weighted by atomic mass is 9.74. The van der Waals surface area contributed by atoms with Crippen LogP contribution in [0.25, 0.3) is 10.9 Å². The van der Waals surface area contributed by atoms with Crippen LogP contribution in [0, 0.1) is 5.41 Å². The minimum absolute atomic E-state index is 0.137. The van der Waals surface area contributed by atoms with Crippen molar-refractivity contribution in [3.8, 4) is 5.75 Å². The largest absolute Gasteiger partial charge is 0.497 e. The van der Waals surface area contributed by atoms with Crippen LogP contribution >= 0.6 is 0 Å². The summed E-state index contributed by atoms with van der Waals surface area (Å²) in [6, 6.07) is 16.6. The Morgan fingerprint density at radius 3 is 2.52 bits per heavy atom. The van der Waals surface area contributed by atoms with E-state index in [0.717, 1.165) is 112 Å². The molecule has 2 saturated heterocycles. The summed E-state index contributed by atoms with van der Waals surface area (Å²) in [6.45, 7) is 7.22. The number of methoxy groups -OCH3 is 1. The van der Waals surface area contributed by atoms with Crippen LogP contribution in [0.2, 0.25) is 0 Å². The van der Waals surface area contributed by atoms with Gasteiger partial charge in [0, 0.05) is 37.8 Å². The van der Waals surface area contributed by atoms with E-state index in [1.807, 2.05) is 24.4 Å². The summed E-state index contributed by atoms with van der Waals surface area (Å²) in [6.07, 6.45) is 6.89. The first-order valence-electron chi connectivity index (χ1n) is 14.9. The number of hydrogen-bond donors (Lipinski definition) is 2. The van der Waals surface area contributed by atoms with Gasteiger partial charge in [0.2, 0.25) is 0 Å². The lowest BCUT2D eigenvalue weighted by molar-refractivity contribution is 0.0227. The number of aliphatic hydroxyl groups is 2. The van der Waals surface area contributed by atoms with E-state index in [-0.39, 0.29) is 12.0 Å². The standard InChI is InChI=1S/C33H45N3O4/c1-39-28-9-10-30-29(22-28)32(27(23-34-30)24-36-18-20-40-21-19-36)31(38)11-12-33(25-37)13-16-35(17-14-33)15-5-8-26-6-3-2-4-7-26/h2-4,6-7,9-10,22-23,31,37-38H,5,8,11-21,24-25H2,1H3. The van der Waals surface area contributed by atoms with Crippen LogP contribution in [0.1, 0.15) is 54.9 Å². The van der Waals surface area contributed by atoms with Crippen LogP contribution in [-0.2, 0) is 17.7 Å². The number of hydrogen-bond acceptors (Lipinski definition) is 7. The van der Waals surface area contributed by atoms with Crippen molar-refractivity contribution < 1.29 is 19.7 Å². The topological polar surface area (TPSA) is 78.3 Å². The fourth-order valence-electron chi connectivity index (χ4n) is 6.36. The third-order valence-electron chi connectivity index (χ3n) is 9.01. The Labute approximate surface area is 238 Å². The van der Waals surface area contributed by atoms with Crippen LogP contribution in [0.4, 0.5) is 0 Å². The number of pyridine rings is 1. The molecule has 0 bridgehead atoms. The molecular formula is C33H45N3O4. The van der Waals surface area contributed by atoms with Gasteiger partial charge in [0.1, 0.15) is 5.75 Å². The van der Waals surface area contributed by atoms with Crippen molar-refractivity contribution in [1.29, 1.82) is 0 Å². The highest BCUT2D eigenvalue weighted by molar-refractivity contribution is 5.85. The van der Waals surface area contributed by atoms with Crippen molar-refractivity contribution in [3.05, 3.63) is 71.4 Å². The molecule has 1 unspecified atom stereocenters. The molecule has 7 heteroatoms. The molecule has 0 spiro atoms. The van der Waals surface area contributed by atoms with E-state index in [4.69, 9.17) is 14.5 Å². The second-order valence-electron chi connectivity index (χ2n) is 11.6. The Balaban J connectivity index is 1.24. The minimum Gasteiger partial charge on any atom is -0.497 e. The first kappa shape index (κ1) is 29.0. The van der Waals surface area contributed by atoms with Crippen molar-refractivity contribution in [3.63, 3.8) is 0 Å². The Hall–Kier alpha value is -2.55. The van der Waals surface area contributed by atoms with Gasteiger partial charge in [0.25, 0.3) is 0 Å². The third kappa shape index (κ3) is 7.20. The summed E-state index contributed by atoms with van der Waals surface area (Å²) in [4.78, 5) is 9.63. The molecule has 5 rings (SSSR count). The van der Waals surface area contributed by atoms with Gasteiger partial charge < -0.3 is 24.6 Å². The van der Waals surface area contributed by atoms with Crippen LogP contribution < -0.4 is 4.74 Å². The van der Waals surface area contributed by atoms with Crippen molar-refractivity contribution in [2.24, 2.45) is 5.41 Å². The van der Waals surface area contributed by atoms with E-state index in [0.29, 0.717) is 6.42 Å². The number of aryl methyl sites for hydroxylation is 1. The zero-order valence-electron chi connectivity index (χ0n) is 23.9. The smallest absolute Gasteiger partial charge is 0.119 e. The number of likely N-dealkylation sites (tertiary alicyclic amines) is 1. The molecule has 0 saturated carbocycles. The number of rotatable bonds is 12. The van der Waals surface area contributed by atoms with E-state index in [9.17, 15) is 10.2 Å². The molecule has 7 nitrogen and oxygen atoms in total. The van der Waals surface area contributed by atoms with Gasteiger partial charge in [-0.25, -0.2) is 0 Å². The maximum Gasteiger partial charge on any atom is 0.119 e. The summed E-state index contributed by atoms with van der Waals surface area (Å²) < 4.78 is 11.1. The van der Waals surface area contributed by atoms with Gasteiger partial charge >= 0.3 is 0 Å². The maximum absolute atomic E-state index is 11.7. The lowest BCUT2D eigenvalue weighted by Gasteiger charge is -2.41. The normalized spacial score (nSPS) is 19.1. The van der Waals surface area contributed by atoms with E-state index in [1.54, 1.807) is 7.11 Å². The number of fused-ring (bicyclic) bond motifs is 1. The summed E-state index contributed by atoms with van der Waals surface area (Å²) >= 11 is 0. The highest BCUT2D eigenvalue weighted by Crippen LogP contribution is 2.40. The van der Waals surface area contributed by atoms with Crippen molar-refractivity contribution in [2.45, 2.75) is 51.2 Å². The second-order valence-corrected chi connectivity index (χ2v) is 11.6. The molecule has 3 heterocycles. The zero-order valence-corrected chi connectivity index (χ0v) is 23.9. The fourth-order valence-corrected chi connectivity index (χ4v) is 6.36. The molecule has 2 aromatic carbocycles. The summed E-state index contributed by atoms with van der Waals surface area (Å²) in [5.74, 6) is 0.762. The first-order chi connectivity index (χ1) is 19.6. The van der Waals surface area contributed by atoms with E-state index >= 15 is 0 Å². The molecule has 2 N–H and O–H groups in total. The number of ether oxygens (including phenoxy) is 2. The van der Waals surface area contributed by atoms with Crippen LogP contribution in [0.3, 0.4) is 0 Å². The predicted octanol–water partition coefficient (Wildman–Crippen LogP) is 4.60. The van der Waals surface area contributed by atoms with Crippen molar-refractivity contribution >= 4 is 10.9 Å². The van der Waals surface area contributed by atoms with Gasteiger partial charge in [-0.2, -0.15) is 0 Å². The zero-order chi connectivity index (χ0) is 27.8. The molecule has 1 atom stereocenters. The number of aromatic nitrogens is 1. The molecular weight excluding hydrogens is 502 g/mol. The van der Waals surface area contributed by atoms with Gasteiger partial charge in [0.05, 0.1) is 31.9 Å². The minimum atomic E-state index is -0.638. The van der Waals surface area contributed by atoms with Crippen molar-refractivity contribution in [1.82, 2.24) is 14.8 Å². The Morgan fingerprint density at radius 1 is 1.02 bits per heavy atom. The number of piperidine rings is 1. The average Bonchev–Trinajstić information content (AvgIpc) is 3.01. The molecule has 0 amide bonds. The molecule has 216 valence electrons. The van der Waals surface area contributed by atoms with Gasteiger partial charge in [-0.1, -0.05) is 30.3 Å². The maximum atomic E-state index is 11.7. The highest BCUT2D eigenvalue weighted by atomic mass is 16.5. The van der Waals surface area contributed by atoms with Crippen LogP contribution in [-0.4, -0.2) is 84.7 Å². The predicted molar refractivity (Wildman–Crippen MR) is 159 cm³/mol. The summed E-state index contributed by atoms with van der Waals surface area (Å²) in [5.41, 5.74) is 4.12. The SMILES string of the molecule is COc1ccc2ncc(CN3CCOCC3)c(C(O)CCC3(CO)CCN(CCCc4ccccc4)CC3)c2c1.